The highest BCUT2D eigenvalue weighted by Crippen LogP contribution is 2.11. The molecule has 0 radical (unpaired) electrons. The summed E-state index contributed by atoms with van der Waals surface area (Å²) in [6.45, 7) is 10.6. The van der Waals surface area contributed by atoms with E-state index >= 15 is 0 Å². The van der Waals surface area contributed by atoms with Crippen molar-refractivity contribution < 1.29 is 19.1 Å². The van der Waals surface area contributed by atoms with Crippen molar-refractivity contribution in [2.24, 2.45) is 5.11 Å². The molecule has 1 N–H and O–H groups in total. The lowest BCUT2D eigenvalue weighted by Gasteiger charge is -2.23. The third kappa shape index (κ3) is 11.8. The fourth-order valence-corrected chi connectivity index (χ4v) is 1.50. The number of nitrogens with zero attached hydrogens (tertiary/aromatic N) is 3. The summed E-state index contributed by atoms with van der Waals surface area (Å²) in [5, 5.41) is 6.03. The van der Waals surface area contributed by atoms with Crippen molar-refractivity contribution in [2.45, 2.75) is 71.6 Å². The zero-order chi connectivity index (χ0) is 17.4. The van der Waals surface area contributed by atoms with Crippen molar-refractivity contribution in [3.8, 4) is 0 Å². The first-order valence-electron chi connectivity index (χ1n) is 7.15. The van der Waals surface area contributed by atoms with Crippen molar-refractivity contribution >= 4 is 12.1 Å². The quantitative estimate of drug-likeness (QED) is 0.350. The molecule has 0 bridgehead atoms. The Bertz CT molecular complexity index is 431. The average Bonchev–Trinajstić information content (AvgIpc) is 2.28. The molecular formula is C14H26N4O4. The minimum Gasteiger partial charge on any atom is -0.460 e. The second-order valence-electron chi connectivity index (χ2n) is 6.88. The summed E-state index contributed by atoms with van der Waals surface area (Å²) in [6.07, 6.45) is -0.207. The summed E-state index contributed by atoms with van der Waals surface area (Å²) in [4.78, 5) is 26.1. The molecule has 0 rings (SSSR count). The lowest BCUT2D eigenvalue weighted by molar-refractivity contribution is -0.155. The van der Waals surface area contributed by atoms with Crippen LogP contribution in [0, 0.1) is 0 Å². The lowest BCUT2D eigenvalue weighted by atomic mass is 10.1. The van der Waals surface area contributed by atoms with Crippen molar-refractivity contribution in [1.29, 1.82) is 0 Å². The number of hydrogen-bond donors (Lipinski definition) is 1. The molecule has 0 saturated carbocycles. The maximum atomic E-state index is 11.7. The number of hydrogen-bond acceptors (Lipinski definition) is 5. The van der Waals surface area contributed by atoms with Gasteiger partial charge in [-0.05, 0) is 53.5 Å². The van der Waals surface area contributed by atoms with Crippen LogP contribution >= 0.6 is 0 Å². The Labute approximate surface area is 131 Å². The van der Waals surface area contributed by atoms with Gasteiger partial charge in [-0.15, -0.1) is 0 Å². The van der Waals surface area contributed by atoms with Crippen LogP contribution in [0.2, 0.25) is 0 Å². The Kier molecular flexibility index (Phi) is 7.73. The fourth-order valence-electron chi connectivity index (χ4n) is 1.50. The van der Waals surface area contributed by atoms with E-state index < -0.39 is 23.3 Å². The van der Waals surface area contributed by atoms with E-state index in [9.17, 15) is 9.59 Å². The number of esters is 1. The number of carbonyl (C=O) groups excluding carboxylic acids is 2. The van der Waals surface area contributed by atoms with Crippen molar-refractivity contribution in [3.63, 3.8) is 0 Å². The van der Waals surface area contributed by atoms with Crippen LogP contribution in [-0.4, -0.2) is 35.9 Å². The van der Waals surface area contributed by atoms with Crippen LogP contribution in [-0.2, 0) is 14.3 Å². The van der Waals surface area contributed by atoms with Gasteiger partial charge in [0.15, 0.2) is 0 Å². The molecule has 1 amide bonds. The molecule has 0 aliphatic rings. The monoisotopic (exact) mass is 314 g/mol. The van der Waals surface area contributed by atoms with Crippen molar-refractivity contribution in [3.05, 3.63) is 10.4 Å². The SMILES string of the molecule is CC(C)(C)OC(=O)CC[C@@H](CN=[N+]=[N-])NC(=O)OC(C)(C)C. The molecule has 0 heterocycles. The van der Waals surface area contributed by atoms with Crippen molar-refractivity contribution in [1.82, 2.24) is 5.32 Å². The van der Waals surface area contributed by atoms with E-state index in [1.165, 1.54) is 0 Å². The first-order chi connectivity index (χ1) is 9.93. The molecule has 8 nitrogen and oxygen atoms in total. The maximum Gasteiger partial charge on any atom is 0.407 e. The molecule has 0 aromatic rings. The summed E-state index contributed by atoms with van der Waals surface area (Å²) < 4.78 is 10.3. The maximum absolute atomic E-state index is 11.7. The van der Waals surface area contributed by atoms with Gasteiger partial charge in [0.05, 0.1) is 0 Å². The van der Waals surface area contributed by atoms with Gasteiger partial charge in [-0.3, -0.25) is 4.79 Å². The number of alkyl carbamates (subject to hydrolysis) is 1. The van der Waals surface area contributed by atoms with Crippen LogP contribution in [0.5, 0.6) is 0 Å². The van der Waals surface area contributed by atoms with Crippen molar-refractivity contribution in [2.75, 3.05) is 6.54 Å². The van der Waals surface area contributed by atoms with Gasteiger partial charge in [-0.25, -0.2) is 4.79 Å². The normalized spacial score (nSPS) is 12.8. The summed E-state index contributed by atoms with van der Waals surface area (Å²) in [5.74, 6) is -0.371. The zero-order valence-electron chi connectivity index (χ0n) is 14.2. The molecular weight excluding hydrogens is 288 g/mol. The Morgan fingerprint density at radius 1 is 1.14 bits per heavy atom. The molecule has 0 aliphatic heterocycles. The highest BCUT2D eigenvalue weighted by atomic mass is 16.6. The first-order valence-corrected chi connectivity index (χ1v) is 7.15. The molecule has 0 fully saturated rings. The topological polar surface area (TPSA) is 113 Å². The van der Waals surface area contributed by atoms with E-state index in [1.54, 1.807) is 41.5 Å². The number of azide groups is 1. The fraction of sp³-hybridized carbons (Fsp3) is 0.857. The average molecular weight is 314 g/mol. The number of ether oxygens (including phenoxy) is 2. The number of nitrogens with one attached hydrogen (secondary N) is 1. The van der Waals surface area contributed by atoms with Gasteiger partial charge >= 0.3 is 12.1 Å². The molecule has 0 aromatic carbocycles. The second-order valence-corrected chi connectivity index (χ2v) is 6.88. The molecule has 0 aliphatic carbocycles. The van der Waals surface area contributed by atoms with Gasteiger partial charge in [-0.1, -0.05) is 5.11 Å². The lowest BCUT2D eigenvalue weighted by Crippen LogP contribution is -2.41. The molecule has 0 unspecified atom stereocenters. The van der Waals surface area contributed by atoms with E-state index in [4.69, 9.17) is 15.0 Å². The first kappa shape index (κ1) is 20.1. The number of amides is 1. The van der Waals surface area contributed by atoms with Crippen LogP contribution in [0.3, 0.4) is 0 Å². The van der Waals surface area contributed by atoms with E-state index in [-0.39, 0.29) is 18.9 Å². The smallest absolute Gasteiger partial charge is 0.407 e. The van der Waals surface area contributed by atoms with Gasteiger partial charge in [-0.2, -0.15) is 0 Å². The van der Waals surface area contributed by atoms with E-state index in [1.807, 2.05) is 0 Å². The molecule has 1 atom stereocenters. The largest absolute Gasteiger partial charge is 0.460 e. The van der Waals surface area contributed by atoms with E-state index in [0.717, 1.165) is 0 Å². The Morgan fingerprint density at radius 2 is 1.68 bits per heavy atom. The third-order valence-electron chi connectivity index (χ3n) is 2.20. The Balaban J connectivity index is 4.49. The summed E-state index contributed by atoms with van der Waals surface area (Å²) in [7, 11) is 0. The van der Waals surface area contributed by atoms with Gasteiger partial charge < -0.3 is 14.8 Å². The van der Waals surface area contributed by atoms with Crippen LogP contribution in [0.25, 0.3) is 10.4 Å². The molecule has 8 heteroatoms. The zero-order valence-corrected chi connectivity index (χ0v) is 14.2. The summed E-state index contributed by atoms with van der Waals surface area (Å²) in [5.41, 5.74) is 7.20. The number of rotatable bonds is 6. The van der Waals surface area contributed by atoms with E-state index in [0.29, 0.717) is 6.42 Å². The van der Waals surface area contributed by atoms with Crippen LogP contribution in [0.4, 0.5) is 4.79 Å². The minimum absolute atomic E-state index is 0.0402. The van der Waals surface area contributed by atoms with Crippen LogP contribution in [0.1, 0.15) is 54.4 Å². The van der Waals surface area contributed by atoms with Crippen LogP contribution < -0.4 is 5.32 Å². The molecule has 0 spiro atoms. The summed E-state index contributed by atoms with van der Waals surface area (Å²) in [6, 6.07) is -0.488. The predicted octanol–water partition coefficient (Wildman–Crippen LogP) is 3.31. The summed E-state index contributed by atoms with van der Waals surface area (Å²) >= 11 is 0. The highest BCUT2D eigenvalue weighted by Gasteiger charge is 2.21. The Morgan fingerprint density at radius 3 is 2.14 bits per heavy atom. The van der Waals surface area contributed by atoms with E-state index in [2.05, 4.69) is 15.3 Å². The number of carbonyl (C=O) groups is 2. The van der Waals surface area contributed by atoms with Crippen LogP contribution in [0.15, 0.2) is 5.11 Å². The Hall–Kier alpha value is -1.95. The highest BCUT2D eigenvalue weighted by molar-refractivity contribution is 5.70. The molecule has 0 saturated heterocycles. The molecule has 0 aromatic heterocycles. The predicted molar refractivity (Wildman–Crippen MR) is 82.2 cm³/mol. The van der Waals surface area contributed by atoms with Gasteiger partial charge in [0.2, 0.25) is 0 Å². The second kappa shape index (κ2) is 8.48. The minimum atomic E-state index is -0.627. The van der Waals surface area contributed by atoms with Gasteiger partial charge in [0.1, 0.15) is 11.2 Å². The van der Waals surface area contributed by atoms with Gasteiger partial charge in [0, 0.05) is 23.9 Å². The third-order valence-corrected chi connectivity index (χ3v) is 2.20. The van der Waals surface area contributed by atoms with Gasteiger partial charge in [0.25, 0.3) is 0 Å². The molecule has 22 heavy (non-hydrogen) atoms. The molecule has 126 valence electrons. The standard InChI is InChI=1S/C14H26N4O4/c1-13(2,3)21-11(19)8-7-10(9-16-18-15)17-12(20)22-14(4,5)6/h10H,7-9H2,1-6H3,(H,17,20)/t10-/m0/s1.